The Hall–Kier alpha value is -2.55. The Morgan fingerprint density at radius 1 is 1.05 bits per heavy atom. The Bertz CT molecular complexity index is 743. The van der Waals surface area contributed by atoms with Crippen LogP contribution in [0.15, 0.2) is 54.7 Å². The number of benzene rings is 1. The maximum Gasteiger partial charge on any atom is 0.167 e. The number of hydrogen-bond acceptors (Lipinski definition) is 2. The number of fused-ring (bicyclic) bond motifs is 1. The van der Waals surface area contributed by atoms with E-state index in [-0.39, 0.29) is 0 Å². The lowest BCUT2D eigenvalue weighted by Crippen LogP contribution is -1.93. The Labute approximate surface area is 111 Å². The molecular formula is C16H13NO2. The predicted octanol–water partition coefficient (Wildman–Crippen LogP) is 3.43. The van der Waals surface area contributed by atoms with E-state index in [2.05, 4.69) is 0 Å². The van der Waals surface area contributed by atoms with Gasteiger partial charge < -0.3 is 9.14 Å². The van der Waals surface area contributed by atoms with Crippen molar-refractivity contribution in [1.29, 1.82) is 0 Å². The van der Waals surface area contributed by atoms with Crippen molar-refractivity contribution in [2.24, 2.45) is 0 Å². The molecule has 3 aromatic rings. The van der Waals surface area contributed by atoms with E-state index in [1.807, 2.05) is 59.1 Å². The third-order valence-electron chi connectivity index (χ3n) is 3.23. The molecule has 0 aliphatic carbocycles. The number of pyridine rings is 1. The number of ether oxygens (including phenoxy) is 1. The van der Waals surface area contributed by atoms with Gasteiger partial charge >= 0.3 is 0 Å². The monoisotopic (exact) mass is 251 g/mol. The highest BCUT2D eigenvalue weighted by atomic mass is 16.5. The molecule has 1 aromatic carbocycles. The minimum atomic E-state index is 0.639. The zero-order chi connectivity index (χ0) is 13.2. The predicted molar refractivity (Wildman–Crippen MR) is 74.8 cm³/mol. The molecule has 0 N–H and O–H groups in total. The minimum absolute atomic E-state index is 0.639. The van der Waals surface area contributed by atoms with Crippen LogP contribution < -0.4 is 4.74 Å². The second-order valence-electron chi connectivity index (χ2n) is 4.26. The van der Waals surface area contributed by atoms with Crippen LogP contribution in [0.5, 0.6) is 5.75 Å². The number of para-hydroxylation sites is 1. The molecule has 3 heteroatoms. The zero-order valence-electron chi connectivity index (χ0n) is 10.5. The van der Waals surface area contributed by atoms with Gasteiger partial charge in [0.05, 0.1) is 12.8 Å². The summed E-state index contributed by atoms with van der Waals surface area (Å²) in [6, 6.07) is 15.6. The van der Waals surface area contributed by atoms with Crippen molar-refractivity contribution in [2.75, 3.05) is 7.11 Å². The van der Waals surface area contributed by atoms with Gasteiger partial charge in [0.1, 0.15) is 5.75 Å². The number of aldehydes is 1. The third kappa shape index (κ3) is 1.80. The van der Waals surface area contributed by atoms with Crippen LogP contribution in [0.1, 0.15) is 10.5 Å². The van der Waals surface area contributed by atoms with Gasteiger partial charge in [-0.25, -0.2) is 0 Å². The topological polar surface area (TPSA) is 30.7 Å². The van der Waals surface area contributed by atoms with Gasteiger partial charge in [-0.1, -0.05) is 24.3 Å². The Morgan fingerprint density at radius 3 is 2.63 bits per heavy atom. The van der Waals surface area contributed by atoms with E-state index in [0.717, 1.165) is 28.7 Å². The average molecular weight is 251 g/mol. The molecule has 0 radical (unpaired) electrons. The van der Waals surface area contributed by atoms with Crippen LogP contribution >= 0.6 is 0 Å². The summed E-state index contributed by atoms with van der Waals surface area (Å²) < 4.78 is 7.25. The fourth-order valence-electron chi connectivity index (χ4n) is 2.35. The van der Waals surface area contributed by atoms with Crippen molar-refractivity contribution in [3.05, 3.63) is 60.4 Å². The van der Waals surface area contributed by atoms with Gasteiger partial charge in [0.2, 0.25) is 0 Å². The molecule has 94 valence electrons. The number of methoxy groups -OCH3 is 1. The SMILES string of the molecule is COc1ccccc1-c1cc2ccccn2c1C=O. The minimum Gasteiger partial charge on any atom is -0.496 e. The molecule has 0 spiro atoms. The normalized spacial score (nSPS) is 10.6. The fourth-order valence-corrected chi connectivity index (χ4v) is 2.35. The average Bonchev–Trinajstić information content (AvgIpc) is 2.85. The van der Waals surface area contributed by atoms with Gasteiger partial charge in [-0.15, -0.1) is 0 Å². The molecule has 3 nitrogen and oxygen atoms in total. The maximum absolute atomic E-state index is 11.4. The maximum atomic E-state index is 11.4. The smallest absolute Gasteiger partial charge is 0.167 e. The van der Waals surface area contributed by atoms with Gasteiger partial charge in [-0.05, 0) is 24.3 Å². The number of carbonyl (C=O) groups excluding carboxylic acids is 1. The standard InChI is InChI=1S/C16H13NO2/c1-19-16-8-3-2-7-13(16)14-10-12-6-4-5-9-17(12)15(14)11-18/h2-11H,1H3. The molecular weight excluding hydrogens is 238 g/mol. The molecule has 0 saturated heterocycles. The van der Waals surface area contributed by atoms with Gasteiger partial charge in [0.25, 0.3) is 0 Å². The van der Waals surface area contributed by atoms with Crippen molar-refractivity contribution in [3.8, 4) is 16.9 Å². The number of aromatic nitrogens is 1. The van der Waals surface area contributed by atoms with Crippen molar-refractivity contribution in [2.45, 2.75) is 0 Å². The van der Waals surface area contributed by atoms with E-state index in [1.54, 1.807) is 7.11 Å². The lowest BCUT2D eigenvalue weighted by molar-refractivity contribution is 0.111. The number of rotatable bonds is 3. The molecule has 0 amide bonds. The molecule has 3 rings (SSSR count). The molecule has 0 saturated carbocycles. The summed E-state index contributed by atoms with van der Waals surface area (Å²) in [6.45, 7) is 0. The summed E-state index contributed by atoms with van der Waals surface area (Å²) in [5.74, 6) is 0.765. The van der Waals surface area contributed by atoms with E-state index < -0.39 is 0 Å². The molecule has 0 fully saturated rings. The molecule has 0 unspecified atom stereocenters. The van der Waals surface area contributed by atoms with Gasteiger partial charge in [-0.3, -0.25) is 4.79 Å². The van der Waals surface area contributed by atoms with E-state index >= 15 is 0 Å². The van der Waals surface area contributed by atoms with Crippen molar-refractivity contribution in [1.82, 2.24) is 4.40 Å². The molecule has 0 aliphatic heterocycles. The van der Waals surface area contributed by atoms with Gasteiger partial charge in [0, 0.05) is 22.8 Å². The van der Waals surface area contributed by atoms with Crippen LogP contribution in [-0.4, -0.2) is 17.8 Å². The van der Waals surface area contributed by atoms with Gasteiger partial charge in [-0.2, -0.15) is 0 Å². The largest absolute Gasteiger partial charge is 0.496 e. The summed E-state index contributed by atoms with van der Waals surface area (Å²) >= 11 is 0. The first kappa shape index (κ1) is 11.5. The summed E-state index contributed by atoms with van der Waals surface area (Å²) in [5.41, 5.74) is 3.44. The fraction of sp³-hybridized carbons (Fsp3) is 0.0625. The first-order chi connectivity index (χ1) is 9.35. The highest BCUT2D eigenvalue weighted by Gasteiger charge is 2.14. The quantitative estimate of drug-likeness (QED) is 0.668. The molecule has 19 heavy (non-hydrogen) atoms. The molecule has 2 aromatic heterocycles. The van der Waals surface area contributed by atoms with Crippen molar-refractivity contribution < 1.29 is 9.53 Å². The number of hydrogen-bond donors (Lipinski definition) is 0. The zero-order valence-corrected chi connectivity index (χ0v) is 10.5. The molecule has 0 aliphatic rings. The summed E-state index contributed by atoms with van der Waals surface area (Å²) in [5, 5.41) is 0. The Balaban J connectivity index is 2.33. The third-order valence-corrected chi connectivity index (χ3v) is 3.23. The van der Waals surface area contributed by atoms with Crippen LogP contribution in [0.2, 0.25) is 0 Å². The highest BCUT2D eigenvalue weighted by molar-refractivity contribution is 5.91. The van der Waals surface area contributed by atoms with Crippen LogP contribution in [0.3, 0.4) is 0 Å². The second-order valence-corrected chi connectivity index (χ2v) is 4.26. The van der Waals surface area contributed by atoms with Crippen LogP contribution in [0, 0.1) is 0 Å². The summed E-state index contributed by atoms with van der Waals surface area (Å²) in [7, 11) is 1.63. The van der Waals surface area contributed by atoms with Crippen LogP contribution in [-0.2, 0) is 0 Å². The first-order valence-corrected chi connectivity index (χ1v) is 6.04. The van der Waals surface area contributed by atoms with Crippen LogP contribution in [0.25, 0.3) is 16.6 Å². The van der Waals surface area contributed by atoms with Gasteiger partial charge in [0.15, 0.2) is 6.29 Å². The van der Waals surface area contributed by atoms with Crippen molar-refractivity contribution in [3.63, 3.8) is 0 Å². The van der Waals surface area contributed by atoms with Crippen LogP contribution in [0.4, 0.5) is 0 Å². The van der Waals surface area contributed by atoms with E-state index in [1.165, 1.54) is 0 Å². The molecule has 2 heterocycles. The number of nitrogens with zero attached hydrogens (tertiary/aromatic N) is 1. The summed E-state index contributed by atoms with van der Waals surface area (Å²) in [6.07, 6.45) is 2.77. The number of carbonyl (C=O) groups is 1. The molecule has 0 atom stereocenters. The lowest BCUT2D eigenvalue weighted by atomic mass is 10.1. The highest BCUT2D eigenvalue weighted by Crippen LogP contribution is 2.33. The van der Waals surface area contributed by atoms with E-state index in [4.69, 9.17) is 4.74 Å². The molecule has 0 bridgehead atoms. The Kier molecular flexibility index (Phi) is 2.80. The summed E-state index contributed by atoms with van der Waals surface area (Å²) in [4.78, 5) is 11.4. The lowest BCUT2D eigenvalue weighted by Gasteiger charge is -2.07. The Morgan fingerprint density at radius 2 is 1.84 bits per heavy atom. The van der Waals surface area contributed by atoms with E-state index in [0.29, 0.717) is 5.69 Å². The second kappa shape index (κ2) is 4.61. The van der Waals surface area contributed by atoms with Crippen molar-refractivity contribution >= 4 is 11.8 Å². The first-order valence-electron chi connectivity index (χ1n) is 6.04. The van der Waals surface area contributed by atoms with E-state index in [9.17, 15) is 4.79 Å².